The van der Waals surface area contributed by atoms with Crippen LogP contribution in [0.5, 0.6) is 0 Å². The molecule has 2 rings (SSSR count). The number of carbonyl (C=O) groups is 1. The Morgan fingerprint density at radius 1 is 1.27 bits per heavy atom. The molecule has 0 aromatic heterocycles. The minimum Gasteiger partial charge on any atom is -0.353 e. The van der Waals surface area contributed by atoms with E-state index in [-0.39, 0.29) is 5.91 Å². The lowest BCUT2D eigenvalue weighted by molar-refractivity contribution is -0.126. The average molecular weight is 304 g/mol. The van der Waals surface area contributed by atoms with Gasteiger partial charge in [-0.3, -0.25) is 9.69 Å². The Balaban J connectivity index is 1.87. The second-order valence-electron chi connectivity index (χ2n) is 6.47. The van der Waals surface area contributed by atoms with Crippen molar-refractivity contribution in [2.24, 2.45) is 5.73 Å². The topological polar surface area (TPSA) is 61.6 Å². The highest BCUT2D eigenvalue weighted by Gasteiger charge is 2.30. The van der Waals surface area contributed by atoms with Gasteiger partial charge in [-0.1, -0.05) is 30.3 Å². The number of nitrogens with one attached hydrogen (secondary N) is 1. The molecule has 1 aromatic carbocycles. The molecule has 3 N–H and O–H groups in total. The van der Waals surface area contributed by atoms with Crippen LogP contribution < -0.4 is 11.1 Å². The Labute approximate surface area is 133 Å². The van der Waals surface area contributed by atoms with Gasteiger partial charge in [0.1, 0.15) is 5.54 Å². The molecule has 122 valence electrons. The summed E-state index contributed by atoms with van der Waals surface area (Å²) in [6.45, 7) is 8.80. The lowest BCUT2D eigenvalue weighted by atomic mass is 9.92. The first-order chi connectivity index (χ1) is 10.4. The van der Waals surface area contributed by atoms with Gasteiger partial charge in [0.2, 0.25) is 5.91 Å². The zero-order chi connectivity index (χ0) is 16.2. The van der Waals surface area contributed by atoms with Gasteiger partial charge < -0.3 is 16.0 Å². The van der Waals surface area contributed by atoms with Gasteiger partial charge in [-0.25, -0.2) is 0 Å². The molecule has 22 heavy (non-hydrogen) atoms. The largest absolute Gasteiger partial charge is 0.353 e. The van der Waals surface area contributed by atoms with Crippen molar-refractivity contribution in [3.63, 3.8) is 0 Å². The average Bonchev–Trinajstić information content (AvgIpc) is 2.53. The van der Waals surface area contributed by atoms with Crippen LogP contribution in [0.1, 0.15) is 19.4 Å². The van der Waals surface area contributed by atoms with Crippen molar-refractivity contribution in [1.29, 1.82) is 0 Å². The van der Waals surface area contributed by atoms with Crippen molar-refractivity contribution < 1.29 is 4.79 Å². The third-order valence-electron chi connectivity index (χ3n) is 4.56. The fraction of sp³-hybridized carbons (Fsp3) is 0.588. The van der Waals surface area contributed by atoms with Crippen LogP contribution in [-0.2, 0) is 10.3 Å². The standard InChI is InChI=1S/C17H28N4O/c1-14(21-11-9-20(3)10-12-21)13-19-16(22)17(2,18)15-7-5-4-6-8-15/h4-8,14H,9-13,18H2,1-3H3,(H,19,22). The van der Waals surface area contributed by atoms with Crippen molar-refractivity contribution in [3.05, 3.63) is 35.9 Å². The van der Waals surface area contributed by atoms with Crippen molar-refractivity contribution in [3.8, 4) is 0 Å². The van der Waals surface area contributed by atoms with Gasteiger partial charge in [-0.05, 0) is 26.5 Å². The maximum Gasteiger partial charge on any atom is 0.244 e. The lowest BCUT2D eigenvalue weighted by Gasteiger charge is -2.37. The highest BCUT2D eigenvalue weighted by Crippen LogP contribution is 2.17. The normalized spacial score (nSPS) is 21.1. The molecule has 2 unspecified atom stereocenters. The third kappa shape index (κ3) is 4.06. The molecule has 1 heterocycles. The lowest BCUT2D eigenvalue weighted by Crippen LogP contribution is -2.54. The molecule has 0 spiro atoms. The molecule has 1 aromatic rings. The molecule has 1 aliphatic rings. The summed E-state index contributed by atoms with van der Waals surface area (Å²) in [7, 11) is 2.14. The van der Waals surface area contributed by atoms with Crippen LogP contribution in [0.4, 0.5) is 0 Å². The van der Waals surface area contributed by atoms with Gasteiger partial charge >= 0.3 is 0 Å². The van der Waals surface area contributed by atoms with Crippen LogP contribution in [0.15, 0.2) is 30.3 Å². The summed E-state index contributed by atoms with van der Waals surface area (Å²) >= 11 is 0. The smallest absolute Gasteiger partial charge is 0.244 e. The van der Waals surface area contributed by atoms with E-state index in [2.05, 4.69) is 29.1 Å². The Morgan fingerprint density at radius 2 is 1.86 bits per heavy atom. The fourth-order valence-electron chi connectivity index (χ4n) is 2.73. The number of rotatable bonds is 5. The van der Waals surface area contributed by atoms with E-state index in [0.717, 1.165) is 31.7 Å². The molecule has 0 aliphatic carbocycles. The molecular weight excluding hydrogens is 276 g/mol. The van der Waals surface area contributed by atoms with E-state index >= 15 is 0 Å². The molecule has 1 aliphatic heterocycles. The summed E-state index contributed by atoms with van der Waals surface area (Å²) in [5.74, 6) is -0.125. The molecule has 1 amide bonds. The van der Waals surface area contributed by atoms with E-state index in [9.17, 15) is 4.79 Å². The number of likely N-dealkylation sites (N-methyl/N-ethyl adjacent to an activating group) is 1. The number of carbonyl (C=O) groups excluding carboxylic acids is 1. The Kier molecular flexibility index (Phi) is 5.56. The number of piperazine rings is 1. The molecule has 2 atom stereocenters. The van der Waals surface area contributed by atoms with E-state index in [1.54, 1.807) is 6.92 Å². The van der Waals surface area contributed by atoms with Gasteiger partial charge in [-0.15, -0.1) is 0 Å². The van der Waals surface area contributed by atoms with Gasteiger partial charge in [0.15, 0.2) is 0 Å². The van der Waals surface area contributed by atoms with Crippen LogP contribution in [-0.4, -0.2) is 61.5 Å². The predicted molar refractivity (Wildman–Crippen MR) is 89.5 cm³/mol. The molecule has 0 saturated carbocycles. The van der Waals surface area contributed by atoms with Crippen molar-refractivity contribution >= 4 is 5.91 Å². The Hall–Kier alpha value is -1.43. The quantitative estimate of drug-likeness (QED) is 0.837. The maximum atomic E-state index is 12.4. The monoisotopic (exact) mass is 304 g/mol. The SMILES string of the molecule is CC(CNC(=O)C(C)(N)c1ccccc1)N1CCN(C)CC1. The number of nitrogens with zero attached hydrogens (tertiary/aromatic N) is 2. The molecule has 1 fully saturated rings. The van der Waals surface area contributed by atoms with Crippen molar-refractivity contribution in [1.82, 2.24) is 15.1 Å². The van der Waals surface area contributed by atoms with E-state index in [0.29, 0.717) is 12.6 Å². The highest BCUT2D eigenvalue weighted by molar-refractivity contribution is 5.87. The van der Waals surface area contributed by atoms with E-state index in [1.165, 1.54) is 0 Å². The summed E-state index contributed by atoms with van der Waals surface area (Å²) in [5, 5.41) is 3.01. The van der Waals surface area contributed by atoms with E-state index < -0.39 is 5.54 Å². The van der Waals surface area contributed by atoms with Crippen molar-refractivity contribution in [2.45, 2.75) is 25.4 Å². The molecule has 5 heteroatoms. The second kappa shape index (κ2) is 7.22. The van der Waals surface area contributed by atoms with Crippen LogP contribution in [0, 0.1) is 0 Å². The zero-order valence-electron chi connectivity index (χ0n) is 13.9. The summed E-state index contributed by atoms with van der Waals surface area (Å²) in [6, 6.07) is 9.84. The van der Waals surface area contributed by atoms with Crippen LogP contribution in [0.3, 0.4) is 0 Å². The molecule has 0 bridgehead atoms. The summed E-state index contributed by atoms with van der Waals surface area (Å²) in [4.78, 5) is 17.2. The number of hydrogen-bond donors (Lipinski definition) is 2. The summed E-state index contributed by atoms with van der Waals surface area (Å²) in [6.07, 6.45) is 0. The van der Waals surface area contributed by atoms with E-state index in [1.807, 2.05) is 30.3 Å². The van der Waals surface area contributed by atoms with Crippen LogP contribution >= 0.6 is 0 Å². The van der Waals surface area contributed by atoms with Crippen molar-refractivity contribution in [2.75, 3.05) is 39.8 Å². The van der Waals surface area contributed by atoms with Gasteiger partial charge in [0.05, 0.1) is 0 Å². The minimum atomic E-state index is -0.997. The number of nitrogens with two attached hydrogens (primary N) is 1. The third-order valence-corrected chi connectivity index (χ3v) is 4.56. The number of amides is 1. The second-order valence-corrected chi connectivity index (χ2v) is 6.47. The molecule has 1 saturated heterocycles. The molecular formula is C17H28N4O. The Bertz CT molecular complexity index is 481. The fourth-order valence-corrected chi connectivity index (χ4v) is 2.73. The first kappa shape index (κ1) is 16.9. The van der Waals surface area contributed by atoms with Gasteiger partial charge in [0.25, 0.3) is 0 Å². The van der Waals surface area contributed by atoms with Crippen LogP contribution in [0.2, 0.25) is 0 Å². The number of hydrogen-bond acceptors (Lipinski definition) is 4. The molecule has 5 nitrogen and oxygen atoms in total. The minimum absolute atomic E-state index is 0.125. The predicted octanol–water partition coefficient (Wildman–Crippen LogP) is 0.613. The first-order valence-corrected chi connectivity index (χ1v) is 7.96. The summed E-state index contributed by atoms with van der Waals surface area (Å²) < 4.78 is 0. The Morgan fingerprint density at radius 3 is 2.45 bits per heavy atom. The van der Waals surface area contributed by atoms with Gasteiger partial charge in [0, 0.05) is 38.8 Å². The number of benzene rings is 1. The summed E-state index contributed by atoms with van der Waals surface area (Å²) in [5.41, 5.74) is 6.07. The zero-order valence-corrected chi connectivity index (χ0v) is 13.9. The van der Waals surface area contributed by atoms with E-state index in [4.69, 9.17) is 5.73 Å². The highest BCUT2D eigenvalue weighted by atomic mass is 16.2. The van der Waals surface area contributed by atoms with Crippen LogP contribution in [0.25, 0.3) is 0 Å². The molecule has 0 radical (unpaired) electrons. The van der Waals surface area contributed by atoms with Gasteiger partial charge in [-0.2, -0.15) is 0 Å². The first-order valence-electron chi connectivity index (χ1n) is 7.96. The maximum absolute atomic E-state index is 12.4.